The van der Waals surface area contributed by atoms with Crippen LogP contribution in [0.15, 0.2) is 21.1 Å². The molecule has 0 aliphatic carbocycles. The van der Waals surface area contributed by atoms with Crippen molar-refractivity contribution in [3.05, 3.63) is 32.2 Å². The Morgan fingerprint density at radius 1 is 1.20 bits per heavy atom. The molecule has 15 heavy (non-hydrogen) atoms. The van der Waals surface area contributed by atoms with Crippen LogP contribution in [0.4, 0.5) is 13.2 Å². The van der Waals surface area contributed by atoms with Crippen LogP contribution in [0.2, 0.25) is 0 Å². The predicted molar refractivity (Wildman–Crippen MR) is 56.8 cm³/mol. The summed E-state index contributed by atoms with van der Waals surface area (Å²) in [7, 11) is 0. The van der Waals surface area contributed by atoms with E-state index in [1.165, 1.54) is 6.92 Å². The molecule has 1 rings (SSSR count). The summed E-state index contributed by atoms with van der Waals surface area (Å²) in [6.07, 6.45) is -4.43. The minimum atomic E-state index is -4.43. The largest absolute Gasteiger partial charge is 0.417 e. The van der Waals surface area contributed by atoms with Crippen molar-refractivity contribution in [2.75, 3.05) is 0 Å². The number of Topliss-reactive ketones (excluding diaryl/α,β-unsaturated/α-hetero) is 1. The van der Waals surface area contributed by atoms with Crippen LogP contribution in [-0.4, -0.2) is 5.78 Å². The lowest BCUT2D eigenvalue weighted by atomic mass is 10.1. The van der Waals surface area contributed by atoms with Gasteiger partial charge in [-0.2, -0.15) is 13.2 Å². The number of rotatable bonds is 1. The Bertz CT molecular complexity index is 413. The smallest absolute Gasteiger partial charge is 0.294 e. The van der Waals surface area contributed by atoms with E-state index < -0.39 is 11.7 Å². The van der Waals surface area contributed by atoms with Crippen molar-refractivity contribution >= 4 is 37.6 Å². The van der Waals surface area contributed by atoms with Gasteiger partial charge in [0, 0.05) is 14.5 Å². The monoisotopic (exact) mass is 344 g/mol. The number of alkyl halides is 3. The third-order valence-electron chi connectivity index (χ3n) is 1.74. The van der Waals surface area contributed by atoms with Crippen molar-refractivity contribution in [2.24, 2.45) is 0 Å². The quantitative estimate of drug-likeness (QED) is 0.688. The zero-order valence-corrected chi connectivity index (χ0v) is 10.6. The molecule has 0 spiro atoms. The lowest BCUT2D eigenvalue weighted by molar-refractivity contribution is -0.138. The molecule has 1 aromatic rings. The average molecular weight is 346 g/mol. The van der Waals surface area contributed by atoms with Crippen LogP contribution in [0.25, 0.3) is 0 Å². The molecule has 1 aromatic carbocycles. The van der Waals surface area contributed by atoms with Crippen molar-refractivity contribution in [1.29, 1.82) is 0 Å². The maximum atomic E-state index is 12.4. The molecule has 0 unspecified atom stereocenters. The average Bonchev–Trinajstić information content (AvgIpc) is 2.06. The highest BCUT2D eigenvalue weighted by atomic mass is 79.9. The van der Waals surface area contributed by atoms with E-state index in [0.717, 1.165) is 12.1 Å². The number of halogens is 5. The van der Waals surface area contributed by atoms with Gasteiger partial charge in [0.05, 0.1) is 5.56 Å². The van der Waals surface area contributed by atoms with E-state index in [-0.39, 0.29) is 20.3 Å². The number of benzene rings is 1. The highest BCUT2D eigenvalue weighted by Crippen LogP contribution is 2.37. The Hall–Kier alpha value is -0.360. The number of carbonyl (C=O) groups is 1. The second-order valence-corrected chi connectivity index (χ2v) is 4.57. The molecular weight excluding hydrogens is 341 g/mol. The van der Waals surface area contributed by atoms with Crippen molar-refractivity contribution in [3.8, 4) is 0 Å². The molecule has 6 heteroatoms. The topological polar surface area (TPSA) is 17.1 Å². The Balaban J connectivity index is 3.39. The van der Waals surface area contributed by atoms with E-state index in [2.05, 4.69) is 31.9 Å². The summed E-state index contributed by atoms with van der Waals surface area (Å²) in [6.45, 7) is 1.29. The van der Waals surface area contributed by atoms with Gasteiger partial charge in [-0.3, -0.25) is 4.79 Å². The summed E-state index contributed by atoms with van der Waals surface area (Å²) >= 11 is 5.72. The standard InChI is InChI=1S/C9H5Br2F3O/c1-4(15)5-2-8(11)6(3-7(5)10)9(12,13)14/h2-3H,1H3. The summed E-state index contributed by atoms with van der Waals surface area (Å²) in [5.74, 6) is -0.295. The fourth-order valence-electron chi connectivity index (χ4n) is 1.03. The Kier molecular flexibility index (Phi) is 3.60. The fourth-order valence-corrected chi connectivity index (χ4v) is 2.22. The van der Waals surface area contributed by atoms with E-state index in [0.29, 0.717) is 0 Å². The van der Waals surface area contributed by atoms with E-state index in [1.807, 2.05) is 0 Å². The van der Waals surface area contributed by atoms with Gasteiger partial charge in [-0.05, 0) is 19.1 Å². The summed E-state index contributed by atoms with van der Waals surface area (Å²) in [4.78, 5) is 11.0. The molecule has 0 saturated carbocycles. The number of carbonyl (C=O) groups excluding carboxylic acids is 1. The molecule has 1 nitrogen and oxygen atoms in total. The van der Waals surface area contributed by atoms with Crippen molar-refractivity contribution in [2.45, 2.75) is 13.1 Å². The minimum absolute atomic E-state index is 0.136. The van der Waals surface area contributed by atoms with Gasteiger partial charge in [-0.25, -0.2) is 0 Å². The molecule has 0 aliphatic heterocycles. The maximum absolute atomic E-state index is 12.4. The zero-order chi connectivity index (χ0) is 11.8. The van der Waals surface area contributed by atoms with Gasteiger partial charge >= 0.3 is 6.18 Å². The molecule has 0 bridgehead atoms. The second-order valence-electron chi connectivity index (χ2n) is 2.87. The molecule has 0 aliphatic rings. The molecule has 0 radical (unpaired) electrons. The van der Waals surface area contributed by atoms with E-state index in [4.69, 9.17) is 0 Å². The van der Waals surface area contributed by atoms with Crippen LogP contribution in [0, 0.1) is 0 Å². The first-order chi connectivity index (χ1) is 6.73. The van der Waals surface area contributed by atoms with Gasteiger partial charge in [-0.15, -0.1) is 0 Å². The first-order valence-corrected chi connectivity index (χ1v) is 5.39. The summed E-state index contributed by atoms with van der Waals surface area (Å²) in [5, 5.41) is 0. The van der Waals surface area contributed by atoms with E-state index >= 15 is 0 Å². The Labute approximate surface area is 101 Å². The molecule has 0 atom stereocenters. The summed E-state index contributed by atoms with van der Waals surface area (Å²) in [5.41, 5.74) is -0.589. The third-order valence-corrected chi connectivity index (χ3v) is 3.05. The lowest BCUT2D eigenvalue weighted by Crippen LogP contribution is -2.07. The lowest BCUT2D eigenvalue weighted by Gasteiger charge is -2.11. The highest BCUT2D eigenvalue weighted by molar-refractivity contribution is 9.11. The molecule has 0 N–H and O–H groups in total. The molecule has 0 saturated heterocycles. The number of hydrogen-bond acceptors (Lipinski definition) is 1. The normalized spacial score (nSPS) is 11.6. The van der Waals surface area contributed by atoms with Gasteiger partial charge in [0.25, 0.3) is 0 Å². The van der Waals surface area contributed by atoms with Gasteiger partial charge in [0.2, 0.25) is 0 Å². The first kappa shape index (κ1) is 12.7. The summed E-state index contributed by atoms with van der Waals surface area (Å²) in [6, 6.07) is 2.05. The molecule has 0 heterocycles. The minimum Gasteiger partial charge on any atom is -0.294 e. The molecule has 0 fully saturated rings. The van der Waals surface area contributed by atoms with Crippen LogP contribution >= 0.6 is 31.9 Å². The molecule has 82 valence electrons. The van der Waals surface area contributed by atoms with Crippen LogP contribution in [0.3, 0.4) is 0 Å². The molecule has 0 aromatic heterocycles. The van der Waals surface area contributed by atoms with Crippen molar-refractivity contribution < 1.29 is 18.0 Å². The Morgan fingerprint density at radius 3 is 2.13 bits per heavy atom. The molecule has 0 amide bonds. The fraction of sp³-hybridized carbons (Fsp3) is 0.222. The van der Waals surface area contributed by atoms with Gasteiger partial charge in [0.1, 0.15) is 0 Å². The van der Waals surface area contributed by atoms with E-state index in [1.54, 1.807) is 0 Å². The Morgan fingerprint density at radius 2 is 1.73 bits per heavy atom. The second kappa shape index (κ2) is 4.25. The van der Waals surface area contributed by atoms with Crippen molar-refractivity contribution in [3.63, 3.8) is 0 Å². The van der Waals surface area contributed by atoms with Crippen LogP contribution in [-0.2, 0) is 6.18 Å². The SMILES string of the molecule is CC(=O)c1cc(Br)c(C(F)(F)F)cc1Br. The van der Waals surface area contributed by atoms with Crippen LogP contribution in [0.5, 0.6) is 0 Å². The summed E-state index contributed by atoms with van der Waals surface area (Å²) < 4.78 is 37.3. The van der Waals surface area contributed by atoms with Gasteiger partial charge < -0.3 is 0 Å². The zero-order valence-electron chi connectivity index (χ0n) is 7.45. The number of hydrogen-bond donors (Lipinski definition) is 0. The predicted octanol–water partition coefficient (Wildman–Crippen LogP) is 4.43. The van der Waals surface area contributed by atoms with Gasteiger partial charge in [-0.1, -0.05) is 31.9 Å². The van der Waals surface area contributed by atoms with Crippen LogP contribution < -0.4 is 0 Å². The van der Waals surface area contributed by atoms with Crippen molar-refractivity contribution in [1.82, 2.24) is 0 Å². The van der Waals surface area contributed by atoms with E-state index in [9.17, 15) is 18.0 Å². The maximum Gasteiger partial charge on any atom is 0.417 e. The highest BCUT2D eigenvalue weighted by Gasteiger charge is 2.33. The number of ketones is 1. The molecular formula is C9H5Br2F3O. The van der Waals surface area contributed by atoms with Gasteiger partial charge in [0.15, 0.2) is 5.78 Å². The first-order valence-electron chi connectivity index (χ1n) is 3.80. The third kappa shape index (κ3) is 2.81. The van der Waals surface area contributed by atoms with Crippen LogP contribution in [0.1, 0.15) is 22.8 Å².